The molecular weight excluding hydrogens is 320 g/mol. The van der Waals surface area contributed by atoms with Crippen LogP contribution in [-0.2, 0) is 9.59 Å². The van der Waals surface area contributed by atoms with Gasteiger partial charge in [0.15, 0.2) is 0 Å². The SMILES string of the molecule is CCCCCCC(CC(CO)CC(CCCCCC)C(=O)O)C(=O)O. The first-order valence-electron chi connectivity index (χ1n) is 10.0. The third-order valence-corrected chi connectivity index (χ3v) is 5.00. The maximum absolute atomic E-state index is 11.5. The Morgan fingerprint density at radius 1 is 0.720 bits per heavy atom. The molecule has 3 N–H and O–H groups in total. The Labute approximate surface area is 152 Å². The monoisotopic (exact) mass is 358 g/mol. The van der Waals surface area contributed by atoms with Gasteiger partial charge in [-0.05, 0) is 31.6 Å². The molecule has 2 unspecified atom stereocenters. The van der Waals surface area contributed by atoms with Crippen molar-refractivity contribution < 1.29 is 24.9 Å². The summed E-state index contributed by atoms with van der Waals surface area (Å²) in [6, 6.07) is 0. The number of carbonyl (C=O) groups is 2. The maximum Gasteiger partial charge on any atom is 0.306 e. The number of aliphatic hydroxyl groups excluding tert-OH is 1. The highest BCUT2D eigenvalue weighted by atomic mass is 16.4. The highest BCUT2D eigenvalue weighted by Gasteiger charge is 2.26. The van der Waals surface area contributed by atoms with E-state index in [1.807, 2.05) is 0 Å². The standard InChI is InChI=1S/C20H38O5/c1-3-5-7-9-11-17(19(22)23)13-16(15-21)14-18(20(24)25)12-10-8-6-4-2/h16-18,21H,3-15H2,1-2H3,(H,22,23)(H,24,25). The summed E-state index contributed by atoms with van der Waals surface area (Å²) in [6.07, 6.45) is 10.2. The summed E-state index contributed by atoms with van der Waals surface area (Å²) in [5.41, 5.74) is 0. The van der Waals surface area contributed by atoms with Gasteiger partial charge in [-0.25, -0.2) is 0 Å². The Bertz CT molecular complexity index is 324. The molecule has 0 aliphatic rings. The summed E-state index contributed by atoms with van der Waals surface area (Å²) in [4.78, 5) is 23.0. The molecule has 148 valence electrons. The molecular formula is C20H38O5. The van der Waals surface area contributed by atoms with Crippen molar-refractivity contribution in [2.45, 2.75) is 90.9 Å². The van der Waals surface area contributed by atoms with Crippen molar-refractivity contribution in [1.29, 1.82) is 0 Å². The largest absolute Gasteiger partial charge is 0.481 e. The fourth-order valence-corrected chi connectivity index (χ4v) is 3.37. The summed E-state index contributed by atoms with van der Waals surface area (Å²) < 4.78 is 0. The van der Waals surface area contributed by atoms with E-state index in [2.05, 4.69) is 13.8 Å². The lowest BCUT2D eigenvalue weighted by atomic mass is 9.83. The van der Waals surface area contributed by atoms with Crippen molar-refractivity contribution in [2.24, 2.45) is 17.8 Å². The van der Waals surface area contributed by atoms with Crippen LogP contribution in [0, 0.1) is 17.8 Å². The molecule has 0 aromatic heterocycles. The summed E-state index contributed by atoms with van der Waals surface area (Å²) in [6.45, 7) is 4.09. The average molecular weight is 359 g/mol. The fourth-order valence-electron chi connectivity index (χ4n) is 3.37. The van der Waals surface area contributed by atoms with Gasteiger partial charge in [0.05, 0.1) is 11.8 Å². The quantitative estimate of drug-likeness (QED) is 0.327. The summed E-state index contributed by atoms with van der Waals surface area (Å²) in [5.74, 6) is -2.87. The Morgan fingerprint density at radius 2 is 1.12 bits per heavy atom. The van der Waals surface area contributed by atoms with Crippen molar-refractivity contribution in [3.8, 4) is 0 Å². The molecule has 0 spiro atoms. The zero-order valence-electron chi connectivity index (χ0n) is 16.1. The van der Waals surface area contributed by atoms with E-state index in [0.717, 1.165) is 51.4 Å². The summed E-state index contributed by atoms with van der Waals surface area (Å²) in [5, 5.41) is 28.5. The fraction of sp³-hybridized carbons (Fsp3) is 0.900. The predicted octanol–water partition coefficient (Wildman–Crippen LogP) is 4.72. The van der Waals surface area contributed by atoms with Crippen LogP contribution in [0.5, 0.6) is 0 Å². The highest BCUT2D eigenvalue weighted by molar-refractivity contribution is 5.70. The molecule has 0 rings (SSSR count). The van der Waals surface area contributed by atoms with Gasteiger partial charge in [0.1, 0.15) is 0 Å². The van der Waals surface area contributed by atoms with Gasteiger partial charge < -0.3 is 15.3 Å². The Balaban J connectivity index is 4.51. The highest BCUT2D eigenvalue weighted by Crippen LogP contribution is 2.27. The van der Waals surface area contributed by atoms with Gasteiger partial charge in [0.2, 0.25) is 0 Å². The van der Waals surface area contributed by atoms with Crippen LogP contribution in [0.3, 0.4) is 0 Å². The molecule has 0 aromatic carbocycles. The number of carboxylic acid groups (broad SMARTS) is 2. The normalized spacial score (nSPS) is 14.8. The first kappa shape index (κ1) is 23.9. The summed E-state index contributed by atoms with van der Waals surface area (Å²) >= 11 is 0. The van der Waals surface area contributed by atoms with E-state index in [1.165, 1.54) is 0 Å². The molecule has 0 saturated carbocycles. The molecule has 0 aromatic rings. The van der Waals surface area contributed by atoms with E-state index in [4.69, 9.17) is 0 Å². The van der Waals surface area contributed by atoms with E-state index >= 15 is 0 Å². The number of carboxylic acids is 2. The van der Waals surface area contributed by atoms with Crippen molar-refractivity contribution in [2.75, 3.05) is 6.61 Å². The molecule has 0 fully saturated rings. The number of hydrogen-bond donors (Lipinski definition) is 3. The van der Waals surface area contributed by atoms with Crippen LogP contribution >= 0.6 is 0 Å². The molecule has 0 bridgehead atoms. The lowest BCUT2D eigenvalue weighted by Crippen LogP contribution is -2.24. The minimum Gasteiger partial charge on any atom is -0.481 e. The third kappa shape index (κ3) is 12.0. The molecule has 25 heavy (non-hydrogen) atoms. The van der Waals surface area contributed by atoms with Gasteiger partial charge in [-0.3, -0.25) is 9.59 Å². The van der Waals surface area contributed by atoms with E-state index in [9.17, 15) is 24.9 Å². The summed E-state index contributed by atoms with van der Waals surface area (Å²) in [7, 11) is 0. The van der Waals surface area contributed by atoms with Gasteiger partial charge in [-0.1, -0.05) is 65.2 Å². The van der Waals surface area contributed by atoms with Gasteiger partial charge in [-0.2, -0.15) is 0 Å². The first-order valence-corrected chi connectivity index (χ1v) is 10.0. The molecule has 0 radical (unpaired) electrons. The Kier molecular flexibility index (Phi) is 14.5. The van der Waals surface area contributed by atoms with Crippen LogP contribution in [-0.4, -0.2) is 33.9 Å². The topological polar surface area (TPSA) is 94.8 Å². The Morgan fingerprint density at radius 3 is 1.40 bits per heavy atom. The number of hydrogen-bond acceptors (Lipinski definition) is 3. The van der Waals surface area contributed by atoms with Crippen LogP contribution < -0.4 is 0 Å². The number of aliphatic hydroxyl groups is 1. The van der Waals surface area contributed by atoms with Gasteiger partial charge in [0, 0.05) is 6.61 Å². The number of rotatable bonds is 17. The lowest BCUT2D eigenvalue weighted by Gasteiger charge is -2.22. The number of unbranched alkanes of at least 4 members (excludes halogenated alkanes) is 6. The number of aliphatic carboxylic acids is 2. The molecule has 0 aliphatic heterocycles. The van der Waals surface area contributed by atoms with Gasteiger partial charge in [0.25, 0.3) is 0 Å². The molecule has 0 amide bonds. The van der Waals surface area contributed by atoms with Crippen LogP contribution in [0.2, 0.25) is 0 Å². The van der Waals surface area contributed by atoms with Gasteiger partial charge >= 0.3 is 11.9 Å². The molecule has 0 saturated heterocycles. The second kappa shape index (κ2) is 15.2. The zero-order valence-corrected chi connectivity index (χ0v) is 16.1. The molecule has 0 aliphatic carbocycles. The molecule has 0 heterocycles. The average Bonchev–Trinajstić information content (AvgIpc) is 2.58. The van der Waals surface area contributed by atoms with Crippen molar-refractivity contribution in [1.82, 2.24) is 0 Å². The van der Waals surface area contributed by atoms with E-state index in [0.29, 0.717) is 25.7 Å². The van der Waals surface area contributed by atoms with Crippen LogP contribution in [0.15, 0.2) is 0 Å². The molecule has 5 heteroatoms. The minimum atomic E-state index is -0.829. The third-order valence-electron chi connectivity index (χ3n) is 5.00. The van der Waals surface area contributed by atoms with Crippen LogP contribution in [0.1, 0.15) is 90.9 Å². The van der Waals surface area contributed by atoms with Crippen molar-refractivity contribution in [3.63, 3.8) is 0 Å². The molecule has 2 atom stereocenters. The maximum atomic E-state index is 11.5. The van der Waals surface area contributed by atoms with Crippen LogP contribution in [0.4, 0.5) is 0 Å². The lowest BCUT2D eigenvalue weighted by molar-refractivity contribution is -0.143. The zero-order chi connectivity index (χ0) is 19.1. The second-order valence-corrected chi connectivity index (χ2v) is 7.29. The minimum absolute atomic E-state index is 0.141. The van der Waals surface area contributed by atoms with E-state index < -0.39 is 23.8 Å². The van der Waals surface area contributed by atoms with Gasteiger partial charge in [-0.15, -0.1) is 0 Å². The Hall–Kier alpha value is -1.10. The van der Waals surface area contributed by atoms with E-state index in [-0.39, 0.29) is 12.5 Å². The van der Waals surface area contributed by atoms with E-state index in [1.54, 1.807) is 0 Å². The second-order valence-electron chi connectivity index (χ2n) is 7.29. The first-order chi connectivity index (χ1) is 12.0. The predicted molar refractivity (Wildman–Crippen MR) is 99.6 cm³/mol. The van der Waals surface area contributed by atoms with Crippen molar-refractivity contribution >= 4 is 11.9 Å². The van der Waals surface area contributed by atoms with Crippen LogP contribution in [0.25, 0.3) is 0 Å². The molecule has 5 nitrogen and oxygen atoms in total. The van der Waals surface area contributed by atoms with Crippen molar-refractivity contribution in [3.05, 3.63) is 0 Å². The smallest absolute Gasteiger partial charge is 0.306 e.